The lowest BCUT2D eigenvalue weighted by molar-refractivity contribution is 0.579. The summed E-state index contributed by atoms with van der Waals surface area (Å²) in [5.74, 6) is 0.785. The highest BCUT2D eigenvalue weighted by Gasteiger charge is 2.02. The van der Waals surface area contributed by atoms with Gasteiger partial charge in [0, 0.05) is 6.20 Å². The van der Waals surface area contributed by atoms with E-state index in [0.717, 1.165) is 0 Å². The van der Waals surface area contributed by atoms with Gasteiger partial charge < -0.3 is 4.42 Å². The predicted octanol–water partition coefficient (Wildman–Crippen LogP) is 1.61. The first kappa shape index (κ1) is 7.50. The van der Waals surface area contributed by atoms with Crippen molar-refractivity contribution in [3.8, 4) is 17.5 Å². The number of hydrogen-bond acceptors (Lipinski definition) is 4. The van der Waals surface area contributed by atoms with E-state index in [-0.39, 0.29) is 5.82 Å². The van der Waals surface area contributed by atoms with E-state index in [2.05, 4.69) is 9.97 Å². The van der Waals surface area contributed by atoms with Gasteiger partial charge in [-0.05, 0) is 18.2 Å². The van der Waals surface area contributed by atoms with E-state index < -0.39 is 0 Å². The Labute approximate surface area is 74.5 Å². The van der Waals surface area contributed by atoms with Crippen molar-refractivity contribution in [3.05, 3.63) is 36.5 Å². The Morgan fingerprint density at radius 3 is 3.00 bits per heavy atom. The predicted molar refractivity (Wildman–Crippen MR) is 44.4 cm³/mol. The fourth-order valence-electron chi connectivity index (χ4n) is 0.974. The molecule has 0 unspecified atom stereocenters. The zero-order valence-corrected chi connectivity index (χ0v) is 6.64. The molecule has 0 saturated carbocycles. The van der Waals surface area contributed by atoms with Crippen LogP contribution in [0.1, 0.15) is 5.82 Å². The molecule has 4 nitrogen and oxygen atoms in total. The van der Waals surface area contributed by atoms with Crippen LogP contribution < -0.4 is 0 Å². The van der Waals surface area contributed by atoms with Gasteiger partial charge in [0.25, 0.3) is 0 Å². The zero-order chi connectivity index (χ0) is 9.10. The van der Waals surface area contributed by atoms with E-state index in [1.165, 1.54) is 6.20 Å². The molecular weight excluding hydrogens is 166 g/mol. The maximum absolute atomic E-state index is 8.55. The van der Waals surface area contributed by atoms with Gasteiger partial charge in [-0.15, -0.1) is 0 Å². The van der Waals surface area contributed by atoms with Crippen LogP contribution in [0.2, 0.25) is 0 Å². The third kappa shape index (κ3) is 1.40. The molecule has 2 heterocycles. The molecule has 0 N–H and O–H groups in total. The van der Waals surface area contributed by atoms with Gasteiger partial charge in [-0.2, -0.15) is 5.26 Å². The van der Waals surface area contributed by atoms with Gasteiger partial charge in [-0.25, -0.2) is 9.97 Å². The Morgan fingerprint density at radius 2 is 2.31 bits per heavy atom. The molecule has 0 atom stereocenters. The molecular formula is C9H5N3O. The lowest BCUT2D eigenvalue weighted by Crippen LogP contribution is -1.89. The Balaban J connectivity index is 2.49. The summed E-state index contributed by atoms with van der Waals surface area (Å²) in [6.45, 7) is 0. The van der Waals surface area contributed by atoms with Crippen molar-refractivity contribution >= 4 is 0 Å². The van der Waals surface area contributed by atoms with E-state index in [1.807, 2.05) is 6.07 Å². The normalized spacial score (nSPS) is 9.46. The Hall–Kier alpha value is -2.15. The Morgan fingerprint density at radius 1 is 1.38 bits per heavy atom. The van der Waals surface area contributed by atoms with Crippen LogP contribution in [-0.4, -0.2) is 9.97 Å². The Kier molecular flexibility index (Phi) is 1.77. The average Bonchev–Trinajstić information content (AvgIpc) is 2.71. The molecule has 0 fully saturated rings. The van der Waals surface area contributed by atoms with Gasteiger partial charge in [0.15, 0.2) is 5.76 Å². The third-order valence-corrected chi connectivity index (χ3v) is 1.53. The summed E-state index contributed by atoms with van der Waals surface area (Å²) in [6, 6.07) is 7.11. The minimum Gasteiger partial charge on any atom is -0.463 e. The topological polar surface area (TPSA) is 62.7 Å². The molecule has 0 saturated heterocycles. The molecule has 4 heteroatoms. The molecule has 0 aliphatic heterocycles. The van der Waals surface area contributed by atoms with E-state index in [4.69, 9.17) is 9.68 Å². The van der Waals surface area contributed by atoms with Crippen LogP contribution in [0, 0.1) is 11.3 Å². The summed E-state index contributed by atoms with van der Waals surface area (Å²) in [5, 5.41) is 8.55. The minimum atomic E-state index is 0.147. The van der Waals surface area contributed by atoms with Crippen molar-refractivity contribution in [2.24, 2.45) is 0 Å². The highest BCUT2D eigenvalue weighted by atomic mass is 16.3. The van der Waals surface area contributed by atoms with Crippen LogP contribution in [0.25, 0.3) is 11.5 Å². The number of furan rings is 1. The maximum atomic E-state index is 8.55. The van der Waals surface area contributed by atoms with Gasteiger partial charge in [0.1, 0.15) is 11.8 Å². The lowest BCUT2D eigenvalue weighted by atomic mass is 10.3. The summed E-state index contributed by atoms with van der Waals surface area (Å²) < 4.78 is 5.12. The standard InChI is InChI=1S/C9H5N3O/c10-6-9-11-4-3-7(12-9)8-2-1-5-13-8/h1-5H. The number of nitrogens with zero attached hydrogens (tertiary/aromatic N) is 3. The first-order valence-corrected chi connectivity index (χ1v) is 3.67. The van der Waals surface area contributed by atoms with Gasteiger partial charge >= 0.3 is 0 Å². The second-order valence-electron chi connectivity index (χ2n) is 2.35. The van der Waals surface area contributed by atoms with Crippen molar-refractivity contribution in [1.29, 1.82) is 5.26 Å². The van der Waals surface area contributed by atoms with Crippen molar-refractivity contribution in [3.63, 3.8) is 0 Å². The quantitative estimate of drug-likeness (QED) is 0.653. The fourth-order valence-corrected chi connectivity index (χ4v) is 0.974. The first-order chi connectivity index (χ1) is 6.40. The van der Waals surface area contributed by atoms with Crippen molar-refractivity contribution in [1.82, 2.24) is 9.97 Å². The van der Waals surface area contributed by atoms with Crippen molar-refractivity contribution in [2.45, 2.75) is 0 Å². The monoisotopic (exact) mass is 171 g/mol. The second-order valence-corrected chi connectivity index (χ2v) is 2.35. The van der Waals surface area contributed by atoms with Crippen molar-refractivity contribution < 1.29 is 4.42 Å². The highest BCUT2D eigenvalue weighted by molar-refractivity contribution is 5.51. The third-order valence-electron chi connectivity index (χ3n) is 1.53. The molecule has 2 aromatic heterocycles. The molecule has 0 amide bonds. The summed E-state index contributed by atoms with van der Waals surface area (Å²) in [7, 11) is 0. The van der Waals surface area contributed by atoms with Gasteiger partial charge in [0.05, 0.1) is 6.26 Å². The van der Waals surface area contributed by atoms with E-state index >= 15 is 0 Å². The molecule has 0 aliphatic carbocycles. The molecule has 2 rings (SSSR count). The molecule has 2 aromatic rings. The van der Waals surface area contributed by atoms with E-state index in [9.17, 15) is 0 Å². The van der Waals surface area contributed by atoms with Crippen LogP contribution in [0.3, 0.4) is 0 Å². The fraction of sp³-hybridized carbons (Fsp3) is 0. The molecule has 0 aromatic carbocycles. The summed E-state index contributed by atoms with van der Waals surface area (Å²) in [4.78, 5) is 7.72. The Bertz CT molecular complexity index is 442. The van der Waals surface area contributed by atoms with Gasteiger partial charge in [0.2, 0.25) is 5.82 Å². The largest absolute Gasteiger partial charge is 0.463 e. The number of nitriles is 1. The van der Waals surface area contributed by atoms with Gasteiger partial charge in [-0.3, -0.25) is 0 Å². The molecule has 0 radical (unpaired) electrons. The number of hydrogen-bond donors (Lipinski definition) is 0. The van der Waals surface area contributed by atoms with Crippen LogP contribution in [0.15, 0.2) is 35.1 Å². The van der Waals surface area contributed by atoms with E-state index in [0.29, 0.717) is 11.5 Å². The zero-order valence-electron chi connectivity index (χ0n) is 6.64. The lowest BCUT2D eigenvalue weighted by Gasteiger charge is -1.93. The molecule has 62 valence electrons. The van der Waals surface area contributed by atoms with Crippen LogP contribution >= 0.6 is 0 Å². The summed E-state index contributed by atoms with van der Waals surface area (Å²) in [5.41, 5.74) is 0.622. The molecule has 0 aliphatic rings. The highest BCUT2D eigenvalue weighted by Crippen LogP contribution is 2.15. The minimum absolute atomic E-state index is 0.147. The first-order valence-electron chi connectivity index (χ1n) is 3.67. The summed E-state index contributed by atoms with van der Waals surface area (Å²) >= 11 is 0. The maximum Gasteiger partial charge on any atom is 0.232 e. The molecule has 0 spiro atoms. The molecule has 0 bridgehead atoms. The molecule has 13 heavy (non-hydrogen) atoms. The average molecular weight is 171 g/mol. The van der Waals surface area contributed by atoms with Crippen LogP contribution in [-0.2, 0) is 0 Å². The number of rotatable bonds is 1. The van der Waals surface area contributed by atoms with Crippen LogP contribution in [0.5, 0.6) is 0 Å². The van der Waals surface area contributed by atoms with Crippen LogP contribution in [0.4, 0.5) is 0 Å². The smallest absolute Gasteiger partial charge is 0.232 e. The van der Waals surface area contributed by atoms with E-state index in [1.54, 1.807) is 24.5 Å². The van der Waals surface area contributed by atoms with Gasteiger partial charge in [-0.1, -0.05) is 0 Å². The SMILES string of the molecule is N#Cc1nccc(-c2ccco2)n1. The summed E-state index contributed by atoms with van der Waals surface area (Å²) in [6.07, 6.45) is 3.09. The van der Waals surface area contributed by atoms with Crippen molar-refractivity contribution in [2.75, 3.05) is 0 Å². The number of aromatic nitrogens is 2. The second kappa shape index (κ2) is 3.07.